The Labute approximate surface area is 125 Å². The van der Waals surface area contributed by atoms with E-state index in [9.17, 15) is 4.79 Å². The molecule has 116 valence electrons. The van der Waals surface area contributed by atoms with Crippen LogP contribution in [0.4, 0.5) is 0 Å². The van der Waals surface area contributed by atoms with Crippen LogP contribution in [0.25, 0.3) is 0 Å². The molecule has 0 radical (unpaired) electrons. The lowest BCUT2D eigenvalue weighted by Gasteiger charge is -2.39. The van der Waals surface area contributed by atoms with Gasteiger partial charge in [0.25, 0.3) is 0 Å². The summed E-state index contributed by atoms with van der Waals surface area (Å²) in [5.74, 6) is 2.03. The van der Waals surface area contributed by atoms with Crippen molar-refractivity contribution in [3.8, 4) is 0 Å². The van der Waals surface area contributed by atoms with Gasteiger partial charge in [-0.2, -0.15) is 4.98 Å². The molecule has 0 unspecified atom stereocenters. The van der Waals surface area contributed by atoms with Crippen molar-refractivity contribution < 1.29 is 9.32 Å². The summed E-state index contributed by atoms with van der Waals surface area (Å²) in [6, 6.07) is 0.390. The van der Waals surface area contributed by atoms with Gasteiger partial charge in [0.2, 0.25) is 11.8 Å². The number of aromatic nitrogens is 2. The van der Waals surface area contributed by atoms with Crippen molar-refractivity contribution in [2.45, 2.75) is 51.6 Å². The zero-order chi connectivity index (χ0) is 14.8. The molecule has 1 aromatic heterocycles. The minimum absolute atomic E-state index is 0.301. The van der Waals surface area contributed by atoms with E-state index in [0.29, 0.717) is 23.8 Å². The molecule has 0 atom stereocenters. The van der Waals surface area contributed by atoms with Crippen molar-refractivity contribution in [2.24, 2.45) is 5.92 Å². The van der Waals surface area contributed by atoms with E-state index in [-0.39, 0.29) is 0 Å². The maximum atomic E-state index is 12.3. The summed E-state index contributed by atoms with van der Waals surface area (Å²) in [5.41, 5.74) is 0. The smallest absolute Gasteiger partial charge is 0.225 e. The highest BCUT2D eigenvalue weighted by Gasteiger charge is 2.32. The lowest BCUT2D eigenvalue weighted by atomic mass is 9.84. The summed E-state index contributed by atoms with van der Waals surface area (Å²) in [6.45, 7) is 4.52. The van der Waals surface area contributed by atoms with E-state index < -0.39 is 0 Å². The zero-order valence-electron chi connectivity index (χ0n) is 12.9. The van der Waals surface area contributed by atoms with E-state index in [4.69, 9.17) is 4.52 Å². The topological polar surface area (TPSA) is 62.5 Å². The first-order valence-corrected chi connectivity index (χ1v) is 7.91. The molecule has 2 fully saturated rings. The Bertz CT molecular complexity index is 490. The maximum absolute atomic E-state index is 12.3. The Balaban J connectivity index is 1.47. The van der Waals surface area contributed by atoms with Crippen LogP contribution >= 0.6 is 0 Å². The second-order valence-electron chi connectivity index (χ2n) is 6.31. The summed E-state index contributed by atoms with van der Waals surface area (Å²) < 4.78 is 5.00. The average molecular weight is 292 g/mol. The third-order valence-electron chi connectivity index (χ3n) is 4.84. The van der Waals surface area contributed by atoms with Crippen molar-refractivity contribution in [3.63, 3.8) is 0 Å². The average Bonchev–Trinajstić information content (AvgIpc) is 2.82. The number of piperidine rings is 1. The minimum atomic E-state index is 0.301. The molecule has 1 amide bonds. The summed E-state index contributed by atoms with van der Waals surface area (Å²) in [6.07, 6.45) is 5.45. The predicted molar refractivity (Wildman–Crippen MR) is 77.4 cm³/mol. The summed E-state index contributed by atoms with van der Waals surface area (Å²) in [7, 11) is 1.98. The third-order valence-corrected chi connectivity index (χ3v) is 4.84. The van der Waals surface area contributed by atoms with Gasteiger partial charge in [-0.15, -0.1) is 0 Å². The minimum Gasteiger partial charge on any atom is -0.342 e. The number of likely N-dealkylation sites (tertiary alicyclic amines) is 1. The highest BCUT2D eigenvalue weighted by atomic mass is 16.5. The normalized spacial score (nSPS) is 21.2. The molecule has 0 bridgehead atoms. The van der Waals surface area contributed by atoms with Crippen LogP contribution in [0.2, 0.25) is 0 Å². The molecule has 1 aliphatic carbocycles. The van der Waals surface area contributed by atoms with Crippen LogP contribution in [0.3, 0.4) is 0 Å². The lowest BCUT2D eigenvalue weighted by molar-refractivity contribution is -0.139. The fourth-order valence-electron chi connectivity index (χ4n) is 3.19. The van der Waals surface area contributed by atoms with Gasteiger partial charge in [-0.1, -0.05) is 11.6 Å². The number of hydrogen-bond acceptors (Lipinski definition) is 5. The van der Waals surface area contributed by atoms with E-state index in [1.807, 2.05) is 18.9 Å². The molecule has 3 rings (SSSR count). The van der Waals surface area contributed by atoms with E-state index in [1.165, 1.54) is 6.42 Å². The van der Waals surface area contributed by atoms with E-state index >= 15 is 0 Å². The van der Waals surface area contributed by atoms with Gasteiger partial charge in [-0.05, 0) is 25.7 Å². The molecule has 1 aliphatic heterocycles. The maximum Gasteiger partial charge on any atom is 0.225 e. The molecule has 0 N–H and O–H groups in total. The molecule has 1 saturated carbocycles. The van der Waals surface area contributed by atoms with Gasteiger partial charge in [0.1, 0.15) is 0 Å². The highest BCUT2D eigenvalue weighted by Crippen LogP contribution is 2.29. The molecule has 2 aliphatic rings. The van der Waals surface area contributed by atoms with Crippen LogP contribution in [-0.4, -0.2) is 52.0 Å². The van der Waals surface area contributed by atoms with Crippen LogP contribution in [0, 0.1) is 12.8 Å². The summed E-state index contributed by atoms with van der Waals surface area (Å²) in [4.78, 5) is 20.9. The fraction of sp³-hybridized carbons (Fsp3) is 0.800. The Morgan fingerprint density at radius 3 is 2.57 bits per heavy atom. The molecular formula is C15H24N4O2. The molecule has 0 spiro atoms. The second kappa shape index (κ2) is 6.13. The Morgan fingerprint density at radius 2 is 2.05 bits per heavy atom. The Hall–Kier alpha value is -1.43. The van der Waals surface area contributed by atoms with Crippen LogP contribution in [0.5, 0.6) is 0 Å². The first-order valence-electron chi connectivity index (χ1n) is 7.91. The van der Waals surface area contributed by atoms with Gasteiger partial charge in [0.05, 0.1) is 6.54 Å². The second-order valence-corrected chi connectivity index (χ2v) is 6.31. The van der Waals surface area contributed by atoms with Crippen molar-refractivity contribution in [2.75, 3.05) is 20.1 Å². The number of aryl methyl sites for hydroxylation is 1. The molecule has 6 heteroatoms. The third kappa shape index (κ3) is 3.26. The first-order chi connectivity index (χ1) is 10.1. The molecular weight excluding hydrogens is 268 g/mol. The molecule has 6 nitrogen and oxygen atoms in total. The number of nitrogens with zero attached hydrogens (tertiary/aromatic N) is 4. The summed E-state index contributed by atoms with van der Waals surface area (Å²) in [5, 5.41) is 3.94. The Morgan fingerprint density at radius 1 is 1.33 bits per heavy atom. The molecule has 21 heavy (non-hydrogen) atoms. The van der Waals surface area contributed by atoms with Gasteiger partial charge in [0.15, 0.2) is 5.82 Å². The first kappa shape index (κ1) is 14.5. The fourth-order valence-corrected chi connectivity index (χ4v) is 3.19. The number of amides is 1. The lowest BCUT2D eigenvalue weighted by Crippen LogP contribution is -2.48. The highest BCUT2D eigenvalue weighted by molar-refractivity contribution is 5.79. The van der Waals surface area contributed by atoms with Crippen molar-refractivity contribution in [1.82, 2.24) is 19.9 Å². The van der Waals surface area contributed by atoms with Crippen molar-refractivity contribution >= 4 is 5.91 Å². The van der Waals surface area contributed by atoms with Crippen LogP contribution in [0.1, 0.15) is 43.8 Å². The molecule has 1 saturated heterocycles. The summed E-state index contributed by atoms with van der Waals surface area (Å²) >= 11 is 0. The van der Waals surface area contributed by atoms with Crippen molar-refractivity contribution in [3.05, 3.63) is 11.7 Å². The van der Waals surface area contributed by atoms with Gasteiger partial charge in [-0.25, -0.2) is 0 Å². The number of carbonyl (C=O) groups excluding carboxylic acids is 1. The van der Waals surface area contributed by atoms with E-state index in [0.717, 1.165) is 51.1 Å². The zero-order valence-corrected chi connectivity index (χ0v) is 12.9. The predicted octanol–water partition coefficient (Wildman–Crippen LogP) is 1.60. The molecule has 2 heterocycles. The number of rotatable bonds is 4. The standard InChI is InChI=1S/C15H24N4O2/c1-11-16-14(17-21-11)10-19-8-6-13(7-9-19)18(2)15(20)12-4-3-5-12/h12-13H,3-10H2,1-2H3. The van der Waals surface area contributed by atoms with Gasteiger partial charge in [-0.3, -0.25) is 9.69 Å². The van der Waals surface area contributed by atoms with Gasteiger partial charge >= 0.3 is 0 Å². The SMILES string of the molecule is Cc1nc(CN2CCC(N(C)C(=O)C3CCC3)CC2)no1. The van der Waals surface area contributed by atoms with Crippen LogP contribution < -0.4 is 0 Å². The number of carbonyl (C=O) groups is 1. The van der Waals surface area contributed by atoms with Crippen molar-refractivity contribution in [1.29, 1.82) is 0 Å². The van der Waals surface area contributed by atoms with Gasteiger partial charge < -0.3 is 9.42 Å². The molecule has 0 aromatic carbocycles. The quantitative estimate of drug-likeness (QED) is 0.843. The van der Waals surface area contributed by atoms with E-state index in [2.05, 4.69) is 15.0 Å². The van der Waals surface area contributed by atoms with E-state index in [1.54, 1.807) is 0 Å². The Kier molecular flexibility index (Phi) is 4.24. The number of hydrogen-bond donors (Lipinski definition) is 0. The largest absolute Gasteiger partial charge is 0.342 e. The molecule has 1 aromatic rings. The van der Waals surface area contributed by atoms with Crippen LogP contribution in [-0.2, 0) is 11.3 Å². The monoisotopic (exact) mass is 292 g/mol. The van der Waals surface area contributed by atoms with Crippen LogP contribution in [0.15, 0.2) is 4.52 Å². The van der Waals surface area contributed by atoms with Gasteiger partial charge in [0, 0.05) is 39.0 Å².